The summed E-state index contributed by atoms with van der Waals surface area (Å²) in [6.07, 6.45) is 0. The number of carbonyl (C=O) groups is 2. The Morgan fingerprint density at radius 2 is 1.73 bits per heavy atom. The Kier molecular flexibility index (Phi) is 5.16. The molecule has 0 atom stereocenters. The molecule has 158 valence electrons. The molecular formula is C19H17F2N3O5S. The largest absolute Gasteiger partial charge is 0.482 e. The van der Waals surface area contributed by atoms with Crippen molar-refractivity contribution in [1.29, 1.82) is 0 Å². The monoisotopic (exact) mass is 437 g/mol. The molecule has 0 unspecified atom stereocenters. The molecule has 2 aromatic rings. The highest BCUT2D eigenvalue weighted by atomic mass is 32.2. The van der Waals surface area contributed by atoms with Crippen LogP contribution in [0.3, 0.4) is 0 Å². The predicted molar refractivity (Wildman–Crippen MR) is 102 cm³/mol. The Balaban J connectivity index is 1.47. The lowest BCUT2D eigenvalue weighted by Gasteiger charge is -2.34. The molecule has 2 aliphatic rings. The van der Waals surface area contributed by atoms with E-state index >= 15 is 0 Å². The molecule has 2 amide bonds. The Morgan fingerprint density at radius 1 is 1.00 bits per heavy atom. The van der Waals surface area contributed by atoms with Crippen molar-refractivity contribution >= 4 is 27.5 Å². The first-order valence-electron chi connectivity index (χ1n) is 9.07. The number of hydrogen-bond acceptors (Lipinski definition) is 5. The molecule has 2 heterocycles. The quantitative estimate of drug-likeness (QED) is 0.784. The predicted octanol–water partition coefficient (Wildman–Crippen LogP) is 1.44. The summed E-state index contributed by atoms with van der Waals surface area (Å²) < 4.78 is 58.8. The lowest BCUT2D eigenvalue weighted by atomic mass is 10.1. The van der Waals surface area contributed by atoms with Gasteiger partial charge in [-0.1, -0.05) is 0 Å². The van der Waals surface area contributed by atoms with Gasteiger partial charge >= 0.3 is 0 Å². The van der Waals surface area contributed by atoms with Gasteiger partial charge in [0.2, 0.25) is 10.0 Å². The van der Waals surface area contributed by atoms with Gasteiger partial charge in [-0.2, -0.15) is 4.31 Å². The SMILES string of the molecule is O=C1COc2ccc(S(=O)(=O)N3CCN(C(=O)c4ccc(F)c(F)c4)CC3)cc2N1. The topological polar surface area (TPSA) is 96.0 Å². The Hall–Kier alpha value is -3.05. The summed E-state index contributed by atoms with van der Waals surface area (Å²) in [6, 6.07) is 7.09. The van der Waals surface area contributed by atoms with E-state index in [4.69, 9.17) is 4.74 Å². The zero-order chi connectivity index (χ0) is 21.5. The minimum atomic E-state index is -3.86. The van der Waals surface area contributed by atoms with E-state index in [0.29, 0.717) is 5.75 Å². The van der Waals surface area contributed by atoms with Crippen LogP contribution in [-0.2, 0) is 14.8 Å². The van der Waals surface area contributed by atoms with Gasteiger partial charge in [-0.25, -0.2) is 17.2 Å². The summed E-state index contributed by atoms with van der Waals surface area (Å²) in [5.41, 5.74) is 0.273. The van der Waals surface area contributed by atoms with Crippen LogP contribution in [0.25, 0.3) is 0 Å². The molecule has 1 fully saturated rings. The average Bonchev–Trinajstić information content (AvgIpc) is 2.74. The van der Waals surface area contributed by atoms with Crippen LogP contribution >= 0.6 is 0 Å². The number of sulfonamides is 1. The maximum Gasteiger partial charge on any atom is 0.262 e. The Labute approximate surface area is 171 Å². The van der Waals surface area contributed by atoms with Crippen LogP contribution in [0.15, 0.2) is 41.3 Å². The van der Waals surface area contributed by atoms with Gasteiger partial charge in [-0.05, 0) is 36.4 Å². The van der Waals surface area contributed by atoms with Gasteiger partial charge in [0, 0.05) is 31.7 Å². The van der Waals surface area contributed by atoms with Gasteiger partial charge in [0.25, 0.3) is 11.8 Å². The number of nitrogens with one attached hydrogen (secondary N) is 1. The highest BCUT2D eigenvalue weighted by Gasteiger charge is 2.31. The number of anilines is 1. The molecule has 0 saturated carbocycles. The highest BCUT2D eigenvalue weighted by molar-refractivity contribution is 7.89. The lowest BCUT2D eigenvalue weighted by Crippen LogP contribution is -2.50. The van der Waals surface area contributed by atoms with E-state index in [0.717, 1.165) is 12.1 Å². The second-order valence-electron chi connectivity index (χ2n) is 6.82. The summed E-state index contributed by atoms with van der Waals surface area (Å²) in [7, 11) is -3.86. The summed E-state index contributed by atoms with van der Waals surface area (Å²) in [5.74, 6) is -2.66. The van der Waals surface area contributed by atoms with Crippen LogP contribution in [0.1, 0.15) is 10.4 Å². The molecule has 11 heteroatoms. The fraction of sp³-hybridized carbons (Fsp3) is 0.263. The molecule has 1 saturated heterocycles. The molecule has 2 aromatic carbocycles. The lowest BCUT2D eigenvalue weighted by molar-refractivity contribution is -0.118. The molecule has 0 aromatic heterocycles. The van der Waals surface area contributed by atoms with Gasteiger partial charge in [0.1, 0.15) is 5.75 Å². The van der Waals surface area contributed by atoms with Crippen LogP contribution in [0.5, 0.6) is 5.75 Å². The van der Waals surface area contributed by atoms with Crippen LogP contribution in [0.2, 0.25) is 0 Å². The molecule has 0 aliphatic carbocycles. The van der Waals surface area contributed by atoms with Crippen molar-refractivity contribution in [3.63, 3.8) is 0 Å². The summed E-state index contributed by atoms with van der Waals surface area (Å²) in [6.45, 7) is 0.145. The minimum absolute atomic E-state index is 0.00404. The first-order chi connectivity index (χ1) is 14.3. The zero-order valence-electron chi connectivity index (χ0n) is 15.6. The number of piperazine rings is 1. The van der Waals surface area contributed by atoms with Gasteiger partial charge in [0.05, 0.1) is 10.6 Å². The number of halogens is 2. The van der Waals surface area contributed by atoms with Crippen molar-refractivity contribution in [2.24, 2.45) is 0 Å². The van der Waals surface area contributed by atoms with Crippen LogP contribution in [0.4, 0.5) is 14.5 Å². The number of carbonyl (C=O) groups excluding carboxylic acids is 2. The number of ether oxygens (including phenoxy) is 1. The maximum atomic E-state index is 13.4. The molecule has 2 aliphatic heterocycles. The smallest absolute Gasteiger partial charge is 0.262 e. The van der Waals surface area contributed by atoms with E-state index in [1.807, 2.05) is 0 Å². The van der Waals surface area contributed by atoms with Crippen molar-refractivity contribution in [2.75, 3.05) is 38.1 Å². The van der Waals surface area contributed by atoms with Crippen molar-refractivity contribution < 1.29 is 31.5 Å². The van der Waals surface area contributed by atoms with Gasteiger partial charge in [0.15, 0.2) is 18.2 Å². The maximum absolute atomic E-state index is 13.4. The Bertz CT molecular complexity index is 1130. The molecule has 8 nitrogen and oxygen atoms in total. The van der Waals surface area contributed by atoms with E-state index in [1.165, 1.54) is 33.5 Å². The van der Waals surface area contributed by atoms with Gasteiger partial charge in [-0.3, -0.25) is 9.59 Å². The second kappa shape index (κ2) is 7.65. The van der Waals surface area contributed by atoms with E-state index < -0.39 is 27.6 Å². The van der Waals surface area contributed by atoms with Crippen LogP contribution in [0, 0.1) is 11.6 Å². The zero-order valence-corrected chi connectivity index (χ0v) is 16.4. The number of hydrogen-bond donors (Lipinski definition) is 1. The Morgan fingerprint density at radius 3 is 2.43 bits per heavy atom. The second-order valence-corrected chi connectivity index (χ2v) is 8.76. The first-order valence-corrected chi connectivity index (χ1v) is 10.5. The van der Waals surface area contributed by atoms with E-state index in [2.05, 4.69) is 5.32 Å². The summed E-state index contributed by atoms with van der Waals surface area (Å²) >= 11 is 0. The number of benzene rings is 2. The van der Waals surface area contributed by atoms with Crippen LogP contribution < -0.4 is 10.1 Å². The summed E-state index contributed by atoms with van der Waals surface area (Å²) in [5, 5.41) is 2.57. The number of rotatable bonds is 3. The first kappa shape index (κ1) is 20.2. The van der Waals surface area contributed by atoms with Crippen LogP contribution in [-0.4, -0.2) is 62.2 Å². The number of nitrogens with zero attached hydrogens (tertiary/aromatic N) is 2. The summed E-state index contributed by atoms with van der Waals surface area (Å²) in [4.78, 5) is 25.3. The normalized spacial score (nSPS) is 17.1. The van der Waals surface area contributed by atoms with Gasteiger partial charge in [-0.15, -0.1) is 0 Å². The third-order valence-electron chi connectivity index (χ3n) is 4.91. The molecule has 0 bridgehead atoms. The average molecular weight is 437 g/mol. The minimum Gasteiger partial charge on any atom is -0.482 e. The van der Waals surface area contributed by atoms with E-state index in [1.54, 1.807) is 0 Å². The molecule has 4 rings (SSSR count). The third-order valence-corrected chi connectivity index (χ3v) is 6.81. The fourth-order valence-electron chi connectivity index (χ4n) is 3.32. The molecule has 1 N–H and O–H groups in total. The molecule has 0 spiro atoms. The van der Waals surface area contributed by atoms with Crippen molar-refractivity contribution in [3.8, 4) is 5.75 Å². The molecule has 30 heavy (non-hydrogen) atoms. The third kappa shape index (κ3) is 3.73. The van der Waals surface area contributed by atoms with E-state index in [-0.39, 0.29) is 54.8 Å². The van der Waals surface area contributed by atoms with Gasteiger partial charge < -0.3 is 15.0 Å². The van der Waals surface area contributed by atoms with E-state index in [9.17, 15) is 26.8 Å². The number of fused-ring (bicyclic) bond motifs is 1. The molecular weight excluding hydrogens is 420 g/mol. The highest BCUT2D eigenvalue weighted by Crippen LogP contribution is 2.31. The van der Waals surface area contributed by atoms with Crippen molar-refractivity contribution in [2.45, 2.75) is 4.90 Å². The molecule has 0 radical (unpaired) electrons. The van der Waals surface area contributed by atoms with Crippen molar-refractivity contribution in [3.05, 3.63) is 53.6 Å². The fourth-order valence-corrected chi connectivity index (χ4v) is 4.76. The standard InChI is InChI=1S/C19H17F2N3O5S/c20-14-3-1-12(9-15(14)21)19(26)23-5-7-24(8-6-23)30(27,28)13-2-4-17-16(10-13)22-18(25)11-29-17/h1-4,9-10H,5-8,11H2,(H,22,25). The van der Waals surface area contributed by atoms with Crippen molar-refractivity contribution in [1.82, 2.24) is 9.21 Å². The number of amides is 2.